The van der Waals surface area contributed by atoms with Crippen LogP contribution in [0, 0.1) is 6.92 Å². The molecule has 0 saturated heterocycles. The van der Waals surface area contributed by atoms with Crippen molar-refractivity contribution in [1.82, 2.24) is 15.4 Å². The number of rotatable bonds is 4. The largest absolute Gasteiger partial charge is 0.273 e. The van der Waals surface area contributed by atoms with Gasteiger partial charge in [-0.3, -0.25) is 9.78 Å². The highest BCUT2D eigenvalue weighted by Gasteiger charge is 2.04. The van der Waals surface area contributed by atoms with E-state index in [1.807, 2.05) is 12.3 Å². The zero-order valence-corrected chi connectivity index (χ0v) is 10.6. The summed E-state index contributed by atoms with van der Waals surface area (Å²) in [5, 5.41) is 6.70. The standard InChI is InChI=1S/C12H12N4OS/c1-9-15-11(8-18-9)6-12(17)16-14-7-10-2-4-13-5-3-10/h2-5,7-8H,6H2,1H3,(H,16,17)/b14-7-. The van der Waals surface area contributed by atoms with Gasteiger partial charge >= 0.3 is 0 Å². The van der Waals surface area contributed by atoms with Gasteiger partial charge in [-0.05, 0) is 24.6 Å². The first kappa shape index (κ1) is 12.4. The van der Waals surface area contributed by atoms with Gasteiger partial charge in [0.25, 0.3) is 0 Å². The van der Waals surface area contributed by atoms with Gasteiger partial charge in [0.2, 0.25) is 5.91 Å². The number of aromatic nitrogens is 2. The van der Waals surface area contributed by atoms with E-state index in [1.54, 1.807) is 30.7 Å². The van der Waals surface area contributed by atoms with Gasteiger partial charge in [0, 0.05) is 17.8 Å². The molecular weight excluding hydrogens is 248 g/mol. The lowest BCUT2D eigenvalue weighted by atomic mass is 10.3. The summed E-state index contributed by atoms with van der Waals surface area (Å²) in [5.74, 6) is -0.175. The Morgan fingerprint density at radius 2 is 2.28 bits per heavy atom. The number of hydrazone groups is 1. The Balaban J connectivity index is 1.83. The molecule has 18 heavy (non-hydrogen) atoms. The molecule has 2 heterocycles. The van der Waals surface area contributed by atoms with E-state index in [-0.39, 0.29) is 12.3 Å². The van der Waals surface area contributed by atoms with Crippen LogP contribution in [0.2, 0.25) is 0 Å². The maximum Gasteiger partial charge on any atom is 0.246 e. The van der Waals surface area contributed by atoms with Gasteiger partial charge < -0.3 is 0 Å². The molecule has 0 bridgehead atoms. The molecule has 5 nitrogen and oxygen atoms in total. The predicted molar refractivity (Wildman–Crippen MR) is 70.5 cm³/mol. The van der Waals surface area contributed by atoms with Crippen molar-refractivity contribution in [3.8, 4) is 0 Å². The van der Waals surface area contributed by atoms with E-state index in [2.05, 4.69) is 20.5 Å². The van der Waals surface area contributed by atoms with Crippen LogP contribution >= 0.6 is 11.3 Å². The molecule has 1 N–H and O–H groups in total. The number of amides is 1. The third-order valence-electron chi connectivity index (χ3n) is 2.12. The molecule has 92 valence electrons. The predicted octanol–water partition coefficient (Wildman–Crippen LogP) is 1.54. The number of nitrogens with one attached hydrogen (secondary N) is 1. The Bertz CT molecular complexity index is 550. The molecule has 2 rings (SSSR count). The Kier molecular flexibility index (Phi) is 4.14. The summed E-state index contributed by atoms with van der Waals surface area (Å²) >= 11 is 1.53. The number of hydrogen-bond acceptors (Lipinski definition) is 5. The van der Waals surface area contributed by atoms with Crippen molar-refractivity contribution in [3.05, 3.63) is 46.2 Å². The maximum atomic E-state index is 11.5. The van der Waals surface area contributed by atoms with Gasteiger partial charge in [0.15, 0.2) is 0 Å². The molecule has 0 fully saturated rings. The molecule has 0 radical (unpaired) electrons. The molecule has 0 aromatic carbocycles. The van der Waals surface area contributed by atoms with E-state index in [0.717, 1.165) is 16.3 Å². The van der Waals surface area contributed by atoms with Gasteiger partial charge in [0.1, 0.15) is 0 Å². The van der Waals surface area contributed by atoms with Crippen molar-refractivity contribution in [3.63, 3.8) is 0 Å². The molecule has 0 aliphatic heterocycles. The second kappa shape index (κ2) is 6.02. The highest BCUT2D eigenvalue weighted by atomic mass is 32.1. The van der Waals surface area contributed by atoms with Crippen molar-refractivity contribution < 1.29 is 4.79 Å². The number of pyridine rings is 1. The second-order valence-electron chi connectivity index (χ2n) is 3.61. The van der Waals surface area contributed by atoms with Gasteiger partial charge in [0.05, 0.1) is 23.3 Å². The average molecular weight is 260 g/mol. The number of nitrogens with zero attached hydrogens (tertiary/aromatic N) is 3. The Labute approximate surface area is 109 Å². The number of aryl methyl sites for hydroxylation is 1. The topological polar surface area (TPSA) is 67.2 Å². The highest BCUT2D eigenvalue weighted by molar-refractivity contribution is 7.09. The Morgan fingerprint density at radius 1 is 1.50 bits per heavy atom. The van der Waals surface area contributed by atoms with Gasteiger partial charge in [-0.25, -0.2) is 10.4 Å². The normalized spacial score (nSPS) is 10.7. The first-order chi connectivity index (χ1) is 8.74. The van der Waals surface area contributed by atoms with Crippen LogP contribution in [0.1, 0.15) is 16.3 Å². The molecule has 1 amide bonds. The lowest BCUT2D eigenvalue weighted by molar-refractivity contribution is -0.120. The van der Waals surface area contributed by atoms with Gasteiger partial charge in [-0.1, -0.05) is 0 Å². The van der Waals surface area contributed by atoms with Crippen molar-refractivity contribution >= 4 is 23.5 Å². The molecular formula is C12H12N4OS. The summed E-state index contributed by atoms with van der Waals surface area (Å²) in [6.07, 6.45) is 5.16. The molecule has 6 heteroatoms. The van der Waals surface area contributed by atoms with E-state index < -0.39 is 0 Å². The zero-order valence-electron chi connectivity index (χ0n) is 9.83. The van der Waals surface area contributed by atoms with E-state index >= 15 is 0 Å². The van der Waals surface area contributed by atoms with Crippen molar-refractivity contribution in [2.45, 2.75) is 13.3 Å². The lowest BCUT2D eigenvalue weighted by Crippen LogP contribution is -2.19. The molecule has 2 aromatic heterocycles. The zero-order chi connectivity index (χ0) is 12.8. The fourth-order valence-corrected chi connectivity index (χ4v) is 1.93. The van der Waals surface area contributed by atoms with Crippen LogP contribution in [0.3, 0.4) is 0 Å². The fraction of sp³-hybridized carbons (Fsp3) is 0.167. The van der Waals surface area contributed by atoms with Crippen molar-refractivity contribution in [2.75, 3.05) is 0 Å². The van der Waals surface area contributed by atoms with Crippen LogP contribution in [0.15, 0.2) is 35.0 Å². The molecule has 0 atom stereocenters. The monoisotopic (exact) mass is 260 g/mol. The maximum absolute atomic E-state index is 11.5. The Morgan fingerprint density at radius 3 is 2.94 bits per heavy atom. The molecule has 0 aliphatic rings. The van der Waals surface area contributed by atoms with Gasteiger partial charge in [-0.2, -0.15) is 5.10 Å². The molecule has 0 saturated carbocycles. The van der Waals surface area contributed by atoms with E-state index in [1.165, 1.54) is 11.3 Å². The van der Waals surface area contributed by atoms with Crippen LogP contribution < -0.4 is 5.43 Å². The van der Waals surface area contributed by atoms with E-state index in [9.17, 15) is 4.79 Å². The second-order valence-corrected chi connectivity index (χ2v) is 4.67. The summed E-state index contributed by atoms with van der Waals surface area (Å²) in [4.78, 5) is 19.6. The number of hydrogen-bond donors (Lipinski definition) is 1. The number of thiazole rings is 1. The van der Waals surface area contributed by atoms with E-state index in [0.29, 0.717) is 0 Å². The third kappa shape index (κ3) is 3.74. The molecule has 0 unspecified atom stereocenters. The first-order valence-electron chi connectivity index (χ1n) is 5.37. The number of carbonyl (C=O) groups excluding carboxylic acids is 1. The summed E-state index contributed by atoms with van der Waals surface area (Å²) < 4.78 is 0. The quantitative estimate of drug-likeness (QED) is 0.669. The van der Waals surface area contributed by atoms with E-state index in [4.69, 9.17) is 0 Å². The molecule has 0 spiro atoms. The van der Waals surface area contributed by atoms with Crippen LogP contribution in [0.25, 0.3) is 0 Å². The van der Waals surface area contributed by atoms with Crippen LogP contribution in [-0.4, -0.2) is 22.1 Å². The first-order valence-corrected chi connectivity index (χ1v) is 6.25. The molecule has 0 aliphatic carbocycles. The van der Waals surface area contributed by atoms with Crippen LogP contribution in [0.4, 0.5) is 0 Å². The summed E-state index contributed by atoms with van der Waals surface area (Å²) in [5.41, 5.74) is 4.12. The summed E-state index contributed by atoms with van der Waals surface area (Å²) in [6.45, 7) is 1.91. The van der Waals surface area contributed by atoms with Crippen molar-refractivity contribution in [1.29, 1.82) is 0 Å². The third-order valence-corrected chi connectivity index (χ3v) is 2.94. The smallest absolute Gasteiger partial charge is 0.246 e. The SMILES string of the molecule is Cc1nc(CC(=O)N/N=C\c2ccncc2)cs1. The minimum absolute atomic E-state index is 0.175. The minimum Gasteiger partial charge on any atom is -0.273 e. The summed E-state index contributed by atoms with van der Waals surface area (Å²) in [7, 11) is 0. The van der Waals surface area contributed by atoms with Crippen LogP contribution in [-0.2, 0) is 11.2 Å². The fourth-order valence-electron chi connectivity index (χ4n) is 1.32. The summed E-state index contributed by atoms with van der Waals surface area (Å²) in [6, 6.07) is 3.61. The van der Waals surface area contributed by atoms with Crippen molar-refractivity contribution in [2.24, 2.45) is 5.10 Å². The Hall–Kier alpha value is -2.08. The minimum atomic E-state index is -0.175. The average Bonchev–Trinajstić information content (AvgIpc) is 2.76. The lowest BCUT2D eigenvalue weighted by Gasteiger charge is -1.96. The highest BCUT2D eigenvalue weighted by Crippen LogP contribution is 2.08. The number of carbonyl (C=O) groups is 1. The molecule has 2 aromatic rings. The van der Waals surface area contributed by atoms with Crippen LogP contribution in [0.5, 0.6) is 0 Å². The van der Waals surface area contributed by atoms with Gasteiger partial charge in [-0.15, -0.1) is 11.3 Å².